The zero-order valence-corrected chi connectivity index (χ0v) is 12.5. The van der Waals surface area contributed by atoms with Crippen molar-refractivity contribution in [2.45, 2.75) is 6.92 Å². The van der Waals surface area contributed by atoms with E-state index in [0.29, 0.717) is 5.82 Å². The lowest BCUT2D eigenvalue weighted by molar-refractivity contribution is 0.0911. The first kappa shape index (κ1) is 14.2. The SMILES string of the molecule is Cc1ccc(-c2noc(C(=O)N/N=C/c3cccs3)n2)cc1. The van der Waals surface area contributed by atoms with Crippen LogP contribution in [0.3, 0.4) is 0 Å². The van der Waals surface area contributed by atoms with Crippen LogP contribution in [0.5, 0.6) is 0 Å². The van der Waals surface area contributed by atoms with Crippen LogP contribution in [0.25, 0.3) is 11.4 Å². The molecule has 1 amide bonds. The smallest absolute Gasteiger partial charge is 0.328 e. The average Bonchev–Trinajstić information content (AvgIpc) is 3.19. The predicted molar refractivity (Wildman–Crippen MR) is 83.9 cm³/mol. The van der Waals surface area contributed by atoms with E-state index in [-0.39, 0.29) is 5.89 Å². The van der Waals surface area contributed by atoms with Crippen LogP contribution in [0.1, 0.15) is 21.1 Å². The molecule has 1 aromatic carbocycles. The third-order valence-electron chi connectivity index (χ3n) is 2.83. The largest absolute Gasteiger partial charge is 0.329 e. The molecule has 110 valence electrons. The molecule has 2 heterocycles. The number of aryl methyl sites for hydroxylation is 1. The first-order valence-corrected chi connectivity index (χ1v) is 7.38. The Kier molecular flexibility index (Phi) is 4.06. The van der Waals surface area contributed by atoms with Crippen molar-refractivity contribution in [1.29, 1.82) is 0 Å². The monoisotopic (exact) mass is 312 g/mol. The van der Waals surface area contributed by atoms with Crippen molar-refractivity contribution < 1.29 is 9.32 Å². The van der Waals surface area contributed by atoms with Crippen molar-refractivity contribution >= 4 is 23.5 Å². The Labute approximate surface area is 130 Å². The highest BCUT2D eigenvalue weighted by Gasteiger charge is 2.15. The Morgan fingerprint density at radius 3 is 2.86 bits per heavy atom. The summed E-state index contributed by atoms with van der Waals surface area (Å²) in [6, 6.07) is 11.4. The summed E-state index contributed by atoms with van der Waals surface area (Å²) in [6.07, 6.45) is 1.56. The van der Waals surface area contributed by atoms with Gasteiger partial charge in [-0.25, -0.2) is 5.43 Å². The van der Waals surface area contributed by atoms with Crippen LogP contribution in [-0.2, 0) is 0 Å². The molecule has 0 radical (unpaired) electrons. The van der Waals surface area contributed by atoms with Gasteiger partial charge in [0.05, 0.1) is 6.21 Å². The Hall–Kier alpha value is -2.80. The van der Waals surface area contributed by atoms with Crippen LogP contribution < -0.4 is 5.43 Å². The number of amides is 1. The molecule has 0 aliphatic rings. The van der Waals surface area contributed by atoms with E-state index in [1.165, 1.54) is 11.3 Å². The molecule has 0 saturated heterocycles. The molecular formula is C15H12N4O2S. The third-order valence-corrected chi connectivity index (χ3v) is 3.64. The van der Waals surface area contributed by atoms with E-state index < -0.39 is 5.91 Å². The minimum Gasteiger partial charge on any atom is -0.328 e. The van der Waals surface area contributed by atoms with Gasteiger partial charge in [-0.15, -0.1) is 11.3 Å². The molecule has 2 aromatic heterocycles. The summed E-state index contributed by atoms with van der Waals surface area (Å²) in [6.45, 7) is 1.99. The lowest BCUT2D eigenvalue weighted by Crippen LogP contribution is -2.17. The van der Waals surface area contributed by atoms with E-state index in [1.54, 1.807) is 6.21 Å². The number of hydrazone groups is 1. The molecule has 0 fully saturated rings. The number of aromatic nitrogens is 2. The van der Waals surface area contributed by atoms with E-state index in [9.17, 15) is 4.79 Å². The Morgan fingerprint density at radius 1 is 1.32 bits per heavy atom. The van der Waals surface area contributed by atoms with E-state index in [0.717, 1.165) is 16.0 Å². The second kappa shape index (κ2) is 6.31. The second-order valence-electron chi connectivity index (χ2n) is 4.50. The van der Waals surface area contributed by atoms with Gasteiger partial charge in [-0.05, 0) is 18.4 Å². The van der Waals surface area contributed by atoms with E-state index in [4.69, 9.17) is 4.52 Å². The molecule has 3 aromatic rings. The van der Waals surface area contributed by atoms with Crippen molar-refractivity contribution in [3.05, 3.63) is 58.1 Å². The summed E-state index contributed by atoms with van der Waals surface area (Å²) in [7, 11) is 0. The van der Waals surface area contributed by atoms with Gasteiger partial charge in [0.2, 0.25) is 5.82 Å². The highest BCUT2D eigenvalue weighted by Crippen LogP contribution is 2.16. The van der Waals surface area contributed by atoms with Gasteiger partial charge >= 0.3 is 11.8 Å². The molecule has 7 heteroatoms. The second-order valence-corrected chi connectivity index (χ2v) is 5.48. The van der Waals surface area contributed by atoms with Crippen LogP contribution in [0, 0.1) is 6.92 Å². The number of benzene rings is 1. The first-order valence-electron chi connectivity index (χ1n) is 6.50. The summed E-state index contributed by atoms with van der Waals surface area (Å²) in [5.74, 6) is -0.301. The molecule has 0 aliphatic heterocycles. The Balaban J connectivity index is 1.68. The molecule has 0 saturated carbocycles. The number of carbonyl (C=O) groups is 1. The summed E-state index contributed by atoms with van der Waals surface area (Å²) < 4.78 is 4.95. The molecule has 6 nitrogen and oxygen atoms in total. The van der Waals surface area contributed by atoms with E-state index >= 15 is 0 Å². The van der Waals surface area contributed by atoms with Crippen LogP contribution in [0.2, 0.25) is 0 Å². The molecule has 3 rings (SSSR count). The lowest BCUT2D eigenvalue weighted by atomic mass is 10.1. The molecular weight excluding hydrogens is 300 g/mol. The maximum Gasteiger partial charge on any atom is 0.329 e. The minimum atomic E-state index is -0.543. The summed E-state index contributed by atoms with van der Waals surface area (Å²) in [4.78, 5) is 16.9. The standard InChI is InChI=1S/C15H12N4O2S/c1-10-4-6-11(7-5-10)13-17-15(21-19-13)14(20)18-16-9-12-3-2-8-22-12/h2-9H,1H3,(H,18,20)/b16-9+. The van der Waals surface area contributed by atoms with E-state index in [1.807, 2.05) is 48.7 Å². The van der Waals surface area contributed by atoms with Crippen molar-refractivity contribution in [1.82, 2.24) is 15.6 Å². The molecule has 22 heavy (non-hydrogen) atoms. The number of carbonyl (C=O) groups excluding carboxylic acids is 1. The van der Waals surface area contributed by atoms with Crippen molar-refractivity contribution in [2.75, 3.05) is 0 Å². The van der Waals surface area contributed by atoms with Crippen LogP contribution in [0.4, 0.5) is 0 Å². The number of rotatable bonds is 4. The first-order chi connectivity index (χ1) is 10.7. The molecule has 0 atom stereocenters. The topological polar surface area (TPSA) is 80.4 Å². The average molecular weight is 312 g/mol. The van der Waals surface area contributed by atoms with Crippen molar-refractivity contribution in [3.63, 3.8) is 0 Å². The predicted octanol–water partition coefficient (Wildman–Crippen LogP) is 2.87. The number of hydrogen-bond acceptors (Lipinski definition) is 6. The van der Waals surface area contributed by atoms with Crippen LogP contribution >= 0.6 is 11.3 Å². The number of nitrogens with one attached hydrogen (secondary N) is 1. The number of hydrogen-bond donors (Lipinski definition) is 1. The highest BCUT2D eigenvalue weighted by atomic mass is 32.1. The van der Waals surface area contributed by atoms with Crippen LogP contribution in [-0.4, -0.2) is 22.3 Å². The Morgan fingerprint density at radius 2 is 2.14 bits per heavy atom. The third kappa shape index (κ3) is 3.26. The van der Waals surface area contributed by atoms with Crippen molar-refractivity contribution in [3.8, 4) is 11.4 Å². The zero-order chi connectivity index (χ0) is 15.4. The van der Waals surface area contributed by atoms with Gasteiger partial charge in [0, 0.05) is 10.4 Å². The Bertz CT molecular complexity index is 791. The van der Waals surface area contributed by atoms with E-state index in [2.05, 4.69) is 20.7 Å². The maximum atomic E-state index is 11.9. The van der Waals surface area contributed by atoms with Gasteiger partial charge in [0.25, 0.3) is 0 Å². The van der Waals surface area contributed by atoms with Gasteiger partial charge in [0.1, 0.15) is 0 Å². The summed E-state index contributed by atoms with van der Waals surface area (Å²) >= 11 is 1.52. The lowest BCUT2D eigenvalue weighted by Gasteiger charge is -1.94. The molecule has 1 N–H and O–H groups in total. The number of thiophene rings is 1. The number of nitrogens with zero attached hydrogens (tertiary/aromatic N) is 3. The molecule has 0 spiro atoms. The van der Waals surface area contributed by atoms with Gasteiger partial charge in [-0.1, -0.05) is 41.1 Å². The molecule has 0 aliphatic carbocycles. The van der Waals surface area contributed by atoms with Gasteiger partial charge in [0.15, 0.2) is 0 Å². The normalized spacial score (nSPS) is 11.0. The summed E-state index contributed by atoms with van der Waals surface area (Å²) in [5.41, 5.74) is 4.27. The van der Waals surface area contributed by atoms with Crippen molar-refractivity contribution in [2.24, 2.45) is 5.10 Å². The fraction of sp³-hybridized carbons (Fsp3) is 0.0667. The highest BCUT2D eigenvalue weighted by molar-refractivity contribution is 7.11. The van der Waals surface area contributed by atoms with Gasteiger partial charge < -0.3 is 4.52 Å². The zero-order valence-electron chi connectivity index (χ0n) is 11.7. The van der Waals surface area contributed by atoms with Gasteiger partial charge in [-0.2, -0.15) is 10.1 Å². The minimum absolute atomic E-state index is 0.126. The van der Waals surface area contributed by atoms with Crippen LogP contribution in [0.15, 0.2) is 51.4 Å². The summed E-state index contributed by atoms with van der Waals surface area (Å²) in [5, 5.41) is 9.57. The maximum absolute atomic E-state index is 11.9. The van der Waals surface area contributed by atoms with Gasteiger partial charge in [-0.3, -0.25) is 4.79 Å². The fourth-order valence-electron chi connectivity index (χ4n) is 1.70. The molecule has 0 bridgehead atoms. The quantitative estimate of drug-likeness (QED) is 0.593. The molecule has 0 unspecified atom stereocenters. The fourth-order valence-corrected chi connectivity index (χ4v) is 2.29.